The van der Waals surface area contributed by atoms with Crippen molar-refractivity contribution in [3.05, 3.63) is 0 Å². The van der Waals surface area contributed by atoms with E-state index >= 15 is 0 Å². The van der Waals surface area contributed by atoms with Crippen LogP contribution in [0, 0.1) is 11.8 Å². The maximum atomic E-state index is 2.33. The molecule has 0 aromatic rings. The van der Waals surface area contributed by atoms with E-state index in [0.717, 1.165) is 11.8 Å². The van der Waals surface area contributed by atoms with Crippen LogP contribution in [0.3, 0.4) is 0 Å². The highest BCUT2D eigenvalue weighted by atomic mass is 27.1. The first-order valence-corrected chi connectivity index (χ1v) is 6.13. The predicted octanol–water partition coefficient (Wildman–Crippen LogP) is 2.68. The molecular formula is C8H20Al-. The Morgan fingerprint density at radius 2 is 1.33 bits per heavy atom. The van der Waals surface area contributed by atoms with E-state index in [9.17, 15) is 0 Å². The average Bonchev–Trinajstić information content (AvgIpc) is 1.63. The van der Waals surface area contributed by atoms with Crippen LogP contribution < -0.4 is 0 Å². The minimum Gasteiger partial charge on any atom is -1.00 e. The van der Waals surface area contributed by atoms with Crippen molar-refractivity contribution >= 4 is 15.2 Å². The molecule has 0 nitrogen and oxygen atoms in total. The first kappa shape index (κ1) is 9.53. The zero-order valence-electron chi connectivity index (χ0n) is 8.28. The molecule has 0 spiro atoms. The van der Waals surface area contributed by atoms with Gasteiger partial charge in [0.2, 0.25) is 15.2 Å². The van der Waals surface area contributed by atoms with Crippen LogP contribution in [0.4, 0.5) is 0 Å². The van der Waals surface area contributed by atoms with Crippen LogP contribution in [0.1, 0.15) is 29.1 Å². The maximum Gasteiger partial charge on any atom is 0.237 e. The van der Waals surface area contributed by atoms with Crippen LogP contribution in [0.15, 0.2) is 0 Å². The summed E-state index contributed by atoms with van der Waals surface area (Å²) in [4.78, 5) is 0. The highest BCUT2D eigenvalue weighted by molar-refractivity contribution is 6.35. The molecule has 0 heterocycles. The molecule has 0 aromatic carbocycles. The second kappa shape index (κ2) is 5.33. The molecule has 0 fully saturated rings. The van der Waals surface area contributed by atoms with E-state index in [0.29, 0.717) is 15.2 Å². The molecule has 0 rings (SSSR count). The van der Waals surface area contributed by atoms with Crippen molar-refractivity contribution in [2.24, 2.45) is 11.8 Å². The molecule has 0 saturated heterocycles. The van der Waals surface area contributed by atoms with Crippen molar-refractivity contribution in [3.63, 3.8) is 0 Å². The Morgan fingerprint density at radius 3 is 1.56 bits per heavy atom. The Balaban J connectivity index is 0. The monoisotopic (exact) mass is 143 g/mol. The van der Waals surface area contributed by atoms with E-state index in [1.165, 1.54) is 10.6 Å². The molecule has 0 aliphatic carbocycles. The van der Waals surface area contributed by atoms with Crippen molar-refractivity contribution in [2.75, 3.05) is 0 Å². The van der Waals surface area contributed by atoms with E-state index in [1.54, 1.807) is 0 Å². The number of hydrogen-bond donors (Lipinski definition) is 0. The first-order valence-electron chi connectivity index (χ1n) is 4.13. The fourth-order valence-electron chi connectivity index (χ4n) is 0.934. The number of rotatable bonds is 4. The first-order chi connectivity index (χ1) is 4.13. The molecule has 0 atom stereocenters. The second-order valence-corrected chi connectivity index (χ2v) is 5.58. The summed E-state index contributed by atoms with van der Waals surface area (Å²) in [6.45, 7) is 9.31. The van der Waals surface area contributed by atoms with Gasteiger partial charge in [0.15, 0.2) is 0 Å². The van der Waals surface area contributed by atoms with Crippen LogP contribution in [-0.4, -0.2) is 15.2 Å². The largest absolute Gasteiger partial charge is 1.00 e. The lowest BCUT2D eigenvalue weighted by molar-refractivity contribution is 0.700. The molecule has 56 valence electrons. The molecule has 0 saturated carbocycles. The van der Waals surface area contributed by atoms with Crippen LogP contribution in [0.2, 0.25) is 10.6 Å². The number of hydrogen-bond acceptors (Lipinski definition) is 0. The van der Waals surface area contributed by atoms with Gasteiger partial charge in [-0.05, 0) is 0 Å². The molecule has 9 heavy (non-hydrogen) atoms. The quantitative estimate of drug-likeness (QED) is 0.531. The van der Waals surface area contributed by atoms with Gasteiger partial charge in [0.05, 0.1) is 0 Å². The summed E-state index contributed by atoms with van der Waals surface area (Å²) >= 11 is 0.316. The van der Waals surface area contributed by atoms with Gasteiger partial charge in [-0.25, -0.2) is 0 Å². The summed E-state index contributed by atoms with van der Waals surface area (Å²) < 4.78 is 0. The Bertz CT molecular complexity index is 54.3. The standard InChI is InChI=1S/2C4H9.Al.2H/c2*1-4(2)3;;;/h2*4H,1H2,2-3H3;;;/q;;;;-1. The minimum absolute atomic E-state index is 0. The normalized spacial score (nSPS) is 10.9. The molecule has 0 aliphatic rings. The molecule has 0 aromatic heterocycles. The minimum atomic E-state index is 0. The van der Waals surface area contributed by atoms with E-state index in [-0.39, 0.29) is 1.43 Å². The fourth-order valence-corrected chi connectivity index (χ4v) is 2.80. The second-order valence-electron chi connectivity index (χ2n) is 3.72. The molecule has 0 radical (unpaired) electrons. The van der Waals surface area contributed by atoms with E-state index < -0.39 is 0 Å². The van der Waals surface area contributed by atoms with Crippen molar-refractivity contribution in [1.29, 1.82) is 0 Å². The van der Waals surface area contributed by atoms with Crippen LogP contribution in [0.25, 0.3) is 0 Å². The van der Waals surface area contributed by atoms with Crippen molar-refractivity contribution in [3.8, 4) is 0 Å². The summed E-state index contributed by atoms with van der Waals surface area (Å²) in [5.41, 5.74) is 0. The molecule has 0 bridgehead atoms. The molecule has 0 amide bonds. The summed E-state index contributed by atoms with van der Waals surface area (Å²) in [7, 11) is 0. The maximum absolute atomic E-state index is 2.33. The molecular weight excluding hydrogens is 123 g/mol. The average molecular weight is 143 g/mol. The van der Waals surface area contributed by atoms with Gasteiger partial charge in [-0.2, -0.15) is 0 Å². The van der Waals surface area contributed by atoms with Crippen LogP contribution in [-0.2, 0) is 0 Å². The van der Waals surface area contributed by atoms with Crippen molar-refractivity contribution < 1.29 is 1.43 Å². The van der Waals surface area contributed by atoms with Gasteiger partial charge in [-0.3, -0.25) is 0 Å². The molecule has 0 aliphatic heterocycles. The van der Waals surface area contributed by atoms with Gasteiger partial charge in [0, 0.05) is 0 Å². The smallest absolute Gasteiger partial charge is 0.237 e. The Hall–Kier alpha value is 0.532. The molecule has 0 N–H and O–H groups in total. The fraction of sp³-hybridized carbons (Fsp3) is 1.00. The van der Waals surface area contributed by atoms with Gasteiger partial charge < -0.3 is 1.43 Å². The Kier molecular flexibility index (Phi) is 5.64. The van der Waals surface area contributed by atoms with Crippen molar-refractivity contribution in [2.45, 2.75) is 38.3 Å². The van der Waals surface area contributed by atoms with Gasteiger partial charge in [-0.15, -0.1) is 0 Å². The lowest BCUT2D eigenvalue weighted by atomic mass is 10.3. The highest BCUT2D eigenvalue weighted by Gasteiger charge is 1.99. The molecule has 1 heteroatoms. The third kappa shape index (κ3) is 8.53. The topological polar surface area (TPSA) is 0 Å². The zero-order valence-corrected chi connectivity index (χ0v) is 8.69. The lowest BCUT2D eigenvalue weighted by Crippen LogP contribution is -1.99. The highest BCUT2D eigenvalue weighted by Crippen LogP contribution is 2.05. The van der Waals surface area contributed by atoms with E-state index in [1.807, 2.05) is 0 Å². The van der Waals surface area contributed by atoms with Gasteiger partial charge in [-0.1, -0.05) is 50.1 Å². The summed E-state index contributed by atoms with van der Waals surface area (Å²) in [6.07, 6.45) is 0. The zero-order chi connectivity index (χ0) is 7.28. The van der Waals surface area contributed by atoms with Crippen LogP contribution in [0.5, 0.6) is 0 Å². The molecule has 0 unspecified atom stereocenters. The van der Waals surface area contributed by atoms with Gasteiger partial charge in [0.1, 0.15) is 0 Å². The van der Waals surface area contributed by atoms with Crippen molar-refractivity contribution in [1.82, 2.24) is 0 Å². The van der Waals surface area contributed by atoms with E-state index in [2.05, 4.69) is 27.7 Å². The Morgan fingerprint density at radius 1 is 1.00 bits per heavy atom. The van der Waals surface area contributed by atoms with Gasteiger partial charge in [0.25, 0.3) is 0 Å². The Labute approximate surface area is 67.2 Å². The van der Waals surface area contributed by atoms with E-state index in [4.69, 9.17) is 0 Å². The predicted molar refractivity (Wildman–Crippen MR) is 47.6 cm³/mol. The van der Waals surface area contributed by atoms with Crippen LogP contribution >= 0.6 is 0 Å². The summed E-state index contributed by atoms with van der Waals surface area (Å²) in [5.74, 6) is 1.91. The van der Waals surface area contributed by atoms with Gasteiger partial charge >= 0.3 is 0 Å². The summed E-state index contributed by atoms with van der Waals surface area (Å²) in [6, 6.07) is 0. The SMILES string of the molecule is CC(C)[CH2][AlH][CH2]C(C)C.[H-]. The third-order valence-corrected chi connectivity index (χ3v) is 4.69. The third-order valence-electron chi connectivity index (χ3n) is 1.56. The summed E-state index contributed by atoms with van der Waals surface area (Å²) in [5, 5.41) is 3.08. The lowest BCUT2D eigenvalue weighted by Gasteiger charge is -2.03.